The lowest BCUT2D eigenvalue weighted by atomic mass is 9.90. The normalized spacial score (nSPS) is 14.8. The lowest BCUT2D eigenvalue weighted by molar-refractivity contribution is 0.742. The second-order valence-electron chi connectivity index (χ2n) is 5.91. The Morgan fingerprint density at radius 3 is 2.45 bits per heavy atom. The predicted molar refractivity (Wildman–Crippen MR) is 93.6 cm³/mol. The van der Waals surface area contributed by atoms with Crippen LogP contribution in [0.1, 0.15) is 31.2 Å². The molecule has 0 saturated carbocycles. The second-order valence-corrected chi connectivity index (χ2v) is 5.91. The molecule has 0 unspecified atom stereocenters. The maximum Gasteiger partial charge on any atom is 0.0715 e. The van der Waals surface area contributed by atoms with E-state index in [0.29, 0.717) is 0 Å². The van der Waals surface area contributed by atoms with Crippen molar-refractivity contribution in [2.45, 2.75) is 25.7 Å². The molecule has 3 aromatic rings. The topological polar surface area (TPSA) is 12.9 Å². The number of hydrogen-bond donors (Lipinski definition) is 0. The van der Waals surface area contributed by atoms with Gasteiger partial charge in [0, 0.05) is 10.9 Å². The maximum absolute atomic E-state index is 4.87. The van der Waals surface area contributed by atoms with E-state index in [1.165, 1.54) is 47.8 Å². The quantitative estimate of drug-likeness (QED) is 0.574. The molecule has 0 aliphatic heterocycles. The van der Waals surface area contributed by atoms with E-state index in [2.05, 4.69) is 66.7 Å². The summed E-state index contributed by atoms with van der Waals surface area (Å²) in [5, 5.41) is 1.27. The summed E-state index contributed by atoms with van der Waals surface area (Å²) in [6, 6.07) is 21.2. The van der Waals surface area contributed by atoms with Crippen molar-refractivity contribution in [2.24, 2.45) is 0 Å². The van der Waals surface area contributed by atoms with Gasteiger partial charge < -0.3 is 0 Å². The molecule has 1 heterocycles. The molecule has 1 nitrogen and oxygen atoms in total. The number of nitrogens with zero attached hydrogens (tertiary/aromatic N) is 1. The second kappa shape index (κ2) is 5.76. The first kappa shape index (κ1) is 13.3. The van der Waals surface area contributed by atoms with E-state index in [1.54, 1.807) is 0 Å². The van der Waals surface area contributed by atoms with Crippen LogP contribution in [0.3, 0.4) is 0 Å². The highest BCUT2D eigenvalue weighted by Crippen LogP contribution is 2.33. The van der Waals surface area contributed by atoms with Gasteiger partial charge in [-0.3, -0.25) is 0 Å². The number of rotatable bonds is 2. The Bertz CT molecular complexity index is 831. The molecule has 1 aromatic heterocycles. The van der Waals surface area contributed by atoms with Gasteiger partial charge >= 0.3 is 0 Å². The Labute approximate surface area is 131 Å². The summed E-state index contributed by atoms with van der Waals surface area (Å²) in [6.45, 7) is 0. The van der Waals surface area contributed by atoms with Gasteiger partial charge in [0.15, 0.2) is 0 Å². The number of para-hydroxylation sites is 1. The summed E-state index contributed by atoms with van der Waals surface area (Å²) in [7, 11) is 0. The molecule has 0 spiro atoms. The minimum absolute atomic E-state index is 1.07. The van der Waals surface area contributed by atoms with Crippen molar-refractivity contribution in [1.82, 2.24) is 4.98 Å². The van der Waals surface area contributed by atoms with E-state index in [0.717, 1.165) is 11.2 Å². The van der Waals surface area contributed by atoms with Crippen LogP contribution in [0.25, 0.3) is 27.7 Å². The lowest BCUT2D eigenvalue weighted by Gasteiger charge is -2.16. The van der Waals surface area contributed by atoms with Crippen molar-refractivity contribution in [1.29, 1.82) is 0 Å². The minimum atomic E-state index is 1.07. The van der Waals surface area contributed by atoms with Crippen LogP contribution in [0, 0.1) is 0 Å². The van der Waals surface area contributed by atoms with Crippen LogP contribution in [-0.4, -0.2) is 4.98 Å². The molecule has 0 bridgehead atoms. The van der Waals surface area contributed by atoms with Crippen LogP contribution in [0.15, 0.2) is 66.7 Å². The standard InChI is InChI=1S/C21H19N/c1-3-9-16(10-4-1)19-15-21(17-11-5-2-6-12-17)22-20-14-8-7-13-18(19)20/h2,5-9,11-15H,1,3-4,10H2. The summed E-state index contributed by atoms with van der Waals surface area (Å²) >= 11 is 0. The van der Waals surface area contributed by atoms with Gasteiger partial charge in [-0.25, -0.2) is 4.98 Å². The molecule has 2 aromatic carbocycles. The monoisotopic (exact) mass is 285 g/mol. The third kappa shape index (κ3) is 2.43. The minimum Gasteiger partial charge on any atom is -0.248 e. The SMILES string of the molecule is C1=C(c2cc(-c3ccccc3)nc3ccccc23)CCCC1. The number of aromatic nitrogens is 1. The summed E-state index contributed by atoms with van der Waals surface area (Å²) in [6.07, 6.45) is 7.41. The zero-order chi connectivity index (χ0) is 14.8. The number of benzene rings is 2. The number of allylic oxidation sites excluding steroid dienone is 2. The van der Waals surface area contributed by atoms with Crippen LogP contribution in [0.4, 0.5) is 0 Å². The fourth-order valence-corrected chi connectivity index (χ4v) is 3.28. The van der Waals surface area contributed by atoms with Crippen molar-refractivity contribution < 1.29 is 0 Å². The zero-order valence-electron chi connectivity index (χ0n) is 12.6. The summed E-state index contributed by atoms with van der Waals surface area (Å²) in [5.74, 6) is 0. The van der Waals surface area contributed by atoms with E-state index in [9.17, 15) is 0 Å². The number of hydrogen-bond acceptors (Lipinski definition) is 1. The van der Waals surface area contributed by atoms with Gasteiger partial charge in [0.2, 0.25) is 0 Å². The van der Waals surface area contributed by atoms with Crippen LogP contribution < -0.4 is 0 Å². The van der Waals surface area contributed by atoms with Crippen molar-refractivity contribution >= 4 is 16.5 Å². The lowest BCUT2D eigenvalue weighted by Crippen LogP contribution is -1.96. The highest BCUT2D eigenvalue weighted by atomic mass is 14.7. The first-order valence-corrected chi connectivity index (χ1v) is 8.06. The van der Waals surface area contributed by atoms with Gasteiger partial charge in [0.25, 0.3) is 0 Å². The van der Waals surface area contributed by atoms with E-state index in [-0.39, 0.29) is 0 Å². The summed E-state index contributed by atoms with van der Waals surface area (Å²) in [5.41, 5.74) is 6.20. The Morgan fingerprint density at radius 2 is 1.64 bits per heavy atom. The van der Waals surface area contributed by atoms with Crippen LogP contribution in [0.2, 0.25) is 0 Å². The van der Waals surface area contributed by atoms with Crippen LogP contribution in [-0.2, 0) is 0 Å². The van der Waals surface area contributed by atoms with Gasteiger partial charge in [-0.05, 0) is 49.0 Å². The molecule has 1 aliphatic rings. The Kier molecular flexibility index (Phi) is 3.48. The van der Waals surface area contributed by atoms with Crippen molar-refractivity contribution in [2.75, 3.05) is 0 Å². The molecule has 0 atom stereocenters. The van der Waals surface area contributed by atoms with E-state index >= 15 is 0 Å². The number of pyridine rings is 1. The summed E-state index contributed by atoms with van der Waals surface area (Å²) < 4.78 is 0. The molecule has 1 aliphatic carbocycles. The average molecular weight is 285 g/mol. The molecule has 0 radical (unpaired) electrons. The number of fused-ring (bicyclic) bond motifs is 1. The highest BCUT2D eigenvalue weighted by Gasteiger charge is 2.12. The maximum atomic E-state index is 4.87. The van der Waals surface area contributed by atoms with Crippen molar-refractivity contribution in [3.05, 3.63) is 72.3 Å². The molecule has 108 valence electrons. The van der Waals surface area contributed by atoms with Crippen LogP contribution >= 0.6 is 0 Å². The molecular formula is C21H19N. The van der Waals surface area contributed by atoms with Crippen molar-refractivity contribution in [3.8, 4) is 11.3 Å². The Balaban J connectivity index is 1.95. The molecule has 22 heavy (non-hydrogen) atoms. The molecule has 0 saturated heterocycles. The molecular weight excluding hydrogens is 266 g/mol. The molecule has 1 heteroatoms. The van der Waals surface area contributed by atoms with Gasteiger partial charge in [-0.15, -0.1) is 0 Å². The molecule has 0 amide bonds. The van der Waals surface area contributed by atoms with E-state index < -0.39 is 0 Å². The highest BCUT2D eigenvalue weighted by molar-refractivity contribution is 5.93. The smallest absolute Gasteiger partial charge is 0.0715 e. The van der Waals surface area contributed by atoms with E-state index in [1.807, 2.05) is 0 Å². The molecule has 0 fully saturated rings. The molecule has 4 rings (SSSR count). The summed E-state index contributed by atoms with van der Waals surface area (Å²) in [4.78, 5) is 4.87. The third-order valence-electron chi connectivity index (χ3n) is 4.42. The van der Waals surface area contributed by atoms with Gasteiger partial charge in [-0.2, -0.15) is 0 Å². The van der Waals surface area contributed by atoms with Gasteiger partial charge in [0.05, 0.1) is 11.2 Å². The van der Waals surface area contributed by atoms with Gasteiger partial charge in [0.1, 0.15) is 0 Å². The fourth-order valence-electron chi connectivity index (χ4n) is 3.28. The Morgan fingerprint density at radius 1 is 0.818 bits per heavy atom. The average Bonchev–Trinajstić information content (AvgIpc) is 2.62. The predicted octanol–water partition coefficient (Wildman–Crippen LogP) is 5.86. The first-order valence-electron chi connectivity index (χ1n) is 8.06. The first-order chi connectivity index (χ1) is 10.9. The molecule has 0 N–H and O–H groups in total. The van der Waals surface area contributed by atoms with Crippen molar-refractivity contribution in [3.63, 3.8) is 0 Å². The Hall–Kier alpha value is -2.41. The third-order valence-corrected chi connectivity index (χ3v) is 4.42. The van der Waals surface area contributed by atoms with Gasteiger partial charge in [-0.1, -0.05) is 54.6 Å². The zero-order valence-corrected chi connectivity index (χ0v) is 12.6. The fraction of sp³-hybridized carbons (Fsp3) is 0.190. The largest absolute Gasteiger partial charge is 0.248 e. The van der Waals surface area contributed by atoms with Crippen LogP contribution in [0.5, 0.6) is 0 Å². The van der Waals surface area contributed by atoms with E-state index in [4.69, 9.17) is 4.98 Å².